The van der Waals surface area contributed by atoms with Crippen LogP contribution in [0.25, 0.3) is 99.3 Å². The van der Waals surface area contributed by atoms with Crippen molar-refractivity contribution in [3.63, 3.8) is 0 Å². The van der Waals surface area contributed by atoms with Gasteiger partial charge in [-0.1, -0.05) is 140 Å². The van der Waals surface area contributed by atoms with Gasteiger partial charge < -0.3 is 4.57 Å². The standard InChI is InChI=1S/C48H30N4/c1-2-12-31(13-3-1)32-22-24-33(25-23-32)47-40-18-6-9-19-42(40)49-48(50-47)52-45-29-35-15-5-4-14-34(35)28-41(45)39-27-26-36(30-46(39)52)51-43-20-10-7-16-37(43)38-17-8-11-21-44(38)51/h1-30H. The number of nitrogens with zero attached hydrogens (tertiary/aromatic N) is 4. The summed E-state index contributed by atoms with van der Waals surface area (Å²) in [7, 11) is 0. The third kappa shape index (κ3) is 4.34. The second-order valence-corrected chi connectivity index (χ2v) is 13.5. The summed E-state index contributed by atoms with van der Waals surface area (Å²) in [6, 6.07) is 64.9. The molecule has 0 atom stereocenters. The Kier molecular flexibility index (Phi) is 6.22. The number of para-hydroxylation sites is 3. The molecule has 0 radical (unpaired) electrons. The number of hydrogen-bond acceptors (Lipinski definition) is 2. The van der Waals surface area contributed by atoms with Crippen LogP contribution < -0.4 is 0 Å². The molecule has 52 heavy (non-hydrogen) atoms. The minimum Gasteiger partial charge on any atom is -0.309 e. The Morgan fingerprint density at radius 2 is 0.885 bits per heavy atom. The fourth-order valence-corrected chi connectivity index (χ4v) is 8.08. The van der Waals surface area contributed by atoms with E-state index in [1.54, 1.807) is 0 Å². The molecule has 0 spiro atoms. The molecule has 8 aromatic carbocycles. The first-order valence-corrected chi connectivity index (χ1v) is 17.7. The summed E-state index contributed by atoms with van der Waals surface area (Å²) in [5.74, 6) is 0.649. The first-order valence-electron chi connectivity index (χ1n) is 17.7. The zero-order valence-electron chi connectivity index (χ0n) is 28.1. The monoisotopic (exact) mass is 662 g/mol. The highest BCUT2D eigenvalue weighted by atomic mass is 15.2. The molecule has 0 N–H and O–H groups in total. The summed E-state index contributed by atoms with van der Waals surface area (Å²) in [6.07, 6.45) is 0. The highest BCUT2D eigenvalue weighted by molar-refractivity contribution is 6.15. The maximum Gasteiger partial charge on any atom is 0.235 e. The molecule has 0 saturated heterocycles. The number of rotatable bonds is 4. The van der Waals surface area contributed by atoms with Gasteiger partial charge in [0.25, 0.3) is 0 Å². The Morgan fingerprint density at radius 3 is 1.63 bits per heavy atom. The quantitative estimate of drug-likeness (QED) is 0.188. The Balaban J connectivity index is 1.20. The van der Waals surface area contributed by atoms with Crippen LogP contribution in [0.15, 0.2) is 182 Å². The lowest BCUT2D eigenvalue weighted by Crippen LogP contribution is -2.04. The molecule has 242 valence electrons. The second kappa shape index (κ2) is 11.2. The molecule has 0 aliphatic rings. The average Bonchev–Trinajstić information content (AvgIpc) is 3.72. The molecule has 0 fully saturated rings. The van der Waals surface area contributed by atoms with E-state index in [4.69, 9.17) is 9.97 Å². The lowest BCUT2D eigenvalue weighted by Gasteiger charge is -2.13. The van der Waals surface area contributed by atoms with Crippen LogP contribution in [0.3, 0.4) is 0 Å². The molecule has 0 unspecified atom stereocenters. The van der Waals surface area contributed by atoms with Crippen molar-refractivity contribution in [2.45, 2.75) is 0 Å². The van der Waals surface area contributed by atoms with E-state index in [1.807, 2.05) is 0 Å². The van der Waals surface area contributed by atoms with Crippen molar-refractivity contribution in [3.05, 3.63) is 182 Å². The number of benzene rings is 8. The predicted molar refractivity (Wildman–Crippen MR) is 217 cm³/mol. The third-order valence-corrected chi connectivity index (χ3v) is 10.5. The fourth-order valence-electron chi connectivity index (χ4n) is 8.08. The second-order valence-electron chi connectivity index (χ2n) is 13.5. The molecular formula is C48H30N4. The van der Waals surface area contributed by atoms with Crippen LogP contribution in [-0.2, 0) is 0 Å². The van der Waals surface area contributed by atoms with Crippen LogP contribution in [-0.4, -0.2) is 19.1 Å². The molecule has 0 amide bonds. The van der Waals surface area contributed by atoms with Crippen molar-refractivity contribution in [1.29, 1.82) is 0 Å². The molecule has 11 rings (SSSR count). The maximum absolute atomic E-state index is 5.43. The van der Waals surface area contributed by atoms with Crippen LogP contribution in [0, 0.1) is 0 Å². The lowest BCUT2D eigenvalue weighted by molar-refractivity contribution is 1.01. The van der Waals surface area contributed by atoms with E-state index < -0.39 is 0 Å². The number of fused-ring (bicyclic) bond motifs is 8. The first-order chi connectivity index (χ1) is 25.8. The SMILES string of the molecule is c1ccc(-c2ccc(-c3nc(-n4c5cc(-n6c7ccccc7c7ccccc76)ccc5c5cc6ccccc6cc54)nc4ccccc34)cc2)cc1. The van der Waals surface area contributed by atoms with Crippen molar-refractivity contribution >= 4 is 65.3 Å². The molecule has 3 heterocycles. The molecule has 3 aromatic heterocycles. The van der Waals surface area contributed by atoms with Gasteiger partial charge in [-0.05, 0) is 64.4 Å². The normalized spacial score (nSPS) is 11.8. The van der Waals surface area contributed by atoms with Gasteiger partial charge in [0.1, 0.15) is 0 Å². The summed E-state index contributed by atoms with van der Waals surface area (Å²) in [5, 5.41) is 8.23. The van der Waals surface area contributed by atoms with E-state index in [-0.39, 0.29) is 0 Å². The molecular weight excluding hydrogens is 633 g/mol. The summed E-state index contributed by atoms with van der Waals surface area (Å²) in [5.41, 5.74) is 10.8. The number of aromatic nitrogens is 4. The molecule has 4 nitrogen and oxygen atoms in total. The van der Waals surface area contributed by atoms with Gasteiger partial charge in [0.2, 0.25) is 5.95 Å². The lowest BCUT2D eigenvalue weighted by atomic mass is 10.0. The van der Waals surface area contributed by atoms with E-state index in [2.05, 4.69) is 191 Å². The third-order valence-electron chi connectivity index (χ3n) is 10.5. The molecule has 0 bridgehead atoms. The smallest absolute Gasteiger partial charge is 0.235 e. The van der Waals surface area contributed by atoms with Gasteiger partial charge in [0, 0.05) is 38.2 Å². The Bertz CT molecular complexity index is 3120. The predicted octanol–water partition coefficient (Wildman–Crippen LogP) is 12.3. The van der Waals surface area contributed by atoms with Gasteiger partial charge in [0.15, 0.2) is 0 Å². The minimum absolute atomic E-state index is 0.649. The van der Waals surface area contributed by atoms with Crippen LogP contribution in [0.2, 0.25) is 0 Å². The largest absolute Gasteiger partial charge is 0.309 e. The van der Waals surface area contributed by atoms with Gasteiger partial charge in [-0.15, -0.1) is 0 Å². The van der Waals surface area contributed by atoms with Crippen LogP contribution in [0.5, 0.6) is 0 Å². The van der Waals surface area contributed by atoms with Crippen molar-refractivity contribution in [2.75, 3.05) is 0 Å². The highest BCUT2D eigenvalue weighted by Crippen LogP contribution is 2.39. The van der Waals surface area contributed by atoms with Gasteiger partial charge in [-0.25, -0.2) is 9.97 Å². The van der Waals surface area contributed by atoms with Crippen LogP contribution in [0.4, 0.5) is 0 Å². The molecule has 4 heteroatoms. The van der Waals surface area contributed by atoms with Gasteiger partial charge >= 0.3 is 0 Å². The summed E-state index contributed by atoms with van der Waals surface area (Å²) < 4.78 is 4.65. The van der Waals surface area contributed by atoms with Gasteiger partial charge in [-0.2, -0.15) is 0 Å². The maximum atomic E-state index is 5.43. The van der Waals surface area contributed by atoms with E-state index in [1.165, 1.54) is 49.1 Å². The Labute approximate surface area is 299 Å². The summed E-state index contributed by atoms with van der Waals surface area (Å²) in [6.45, 7) is 0. The van der Waals surface area contributed by atoms with E-state index in [0.717, 1.165) is 44.3 Å². The van der Waals surface area contributed by atoms with Crippen molar-refractivity contribution in [3.8, 4) is 34.0 Å². The van der Waals surface area contributed by atoms with Crippen molar-refractivity contribution in [1.82, 2.24) is 19.1 Å². The molecule has 11 aromatic rings. The van der Waals surface area contributed by atoms with Gasteiger partial charge in [-0.3, -0.25) is 4.57 Å². The minimum atomic E-state index is 0.649. The molecule has 0 aliphatic heterocycles. The average molecular weight is 663 g/mol. The van der Waals surface area contributed by atoms with Crippen LogP contribution in [0.1, 0.15) is 0 Å². The molecule has 0 saturated carbocycles. The number of hydrogen-bond donors (Lipinski definition) is 0. The van der Waals surface area contributed by atoms with E-state index in [9.17, 15) is 0 Å². The van der Waals surface area contributed by atoms with Crippen LogP contribution >= 0.6 is 0 Å². The first kappa shape index (κ1) is 28.8. The fraction of sp³-hybridized carbons (Fsp3) is 0. The van der Waals surface area contributed by atoms with Crippen molar-refractivity contribution < 1.29 is 0 Å². The Hall–Kier alpha value is -7.04. The zero-order chi connectivity index (χ0) is 34.2. The Morgan fingerprint density at radius 1 is 0.327 bits per heavy atom. The summed E-state index contributed by atoms with van der Waals surface area (Å²) >= 11 is 0. The highest BCUT2D eigenvalue weighted by Gasteiger charge is 2.20. The van der Waals surface area contributed by atoms with E-state index in [0.29, 0.717) is 5.95 Å². The zero-order valence-corrected chi connectivity index (χ0v) is 28.1. The van der Waals surface area contributed by atoms with E-state index >= 15 is 0 Å². The molecule has 0 aliphatic carbocycles. The van der Waals surface area contributed by atoms with Crippen molar-refractivity contribution in [2.24, 2.45) is 0 Å². The summed E-state index contributed by atoms with van der Waals surface area (Å²) in [4.78, 5) is 10.7. The van der Waals surface area contributed by atoms with Gasteiger partial charge in [0.05, 0.1) is 33.3 Å². The topological polar surface area (TPSA) is 35.6 Å².